The molecule has 0 amide bonds. The van der Waals surface area contributed by atoms with E-state index in [2.05, 4.69) is 18.5 Å². The number of carbonyl (C=O) groups excluding carboxylic acids is 4. The molecule has 0 aromatic heterocycles. The van der Waals surface area contributed by atoms with Gasteiger partial charge in [-0.1, -0.05) is 169 Å². The fourth-order valence-electron chi connectivity index (χ4n) is 7.85. The van der Waals surface area contributed by atoms with Crippen LogP contribution in [0.5, 0.6) is 0 Å². The van der Waals surface area contributed by atoms with E-state index in [4.69, 9.17) is 9.47 Å². The van der Waals surface area contributed by atoms with E-state index < -0.39 is 11.9 Å². The Bertz CT molecular complexity index is 3100. The molecule has 9 rings (SSSR count). The highest BCUT2D eigenvalue weighted by atomic mass is 32.2. The number of carbonyl (C=O) groups is 4. The van der Waals surface area contributed by atoms with Gasteiger partial charge in [-0.2, -0.15) is 0 Å². The Labute approximate surface area is 420 Å². The maximum absolute atomic E-state index is 15.7. The molecule has 0 radical (unpaired) electrons. The number of hydrogen-bond acceptors (Lipinski definition) is 10. The van der Waals surface area contributed by atoms with Crippen LogP contribution in [0.3, 0.4) is 0 Å². The predicted octanol–water partition coefficient (Wildman–Crippen LogP) is 15.3. The van der Waals surface area contributed by atoms with Crippen LogP contribution in [-0.4, -0.2) is 23.5 Å². The molecular formula is C60H45NO6S3. The number of anilines is 2. The molecule has 0 fully saturated rings. The van der Waals surface area contributed by atoms with Crippen molar-refractivity contribution in [3.8, 4) is 0 Å². The van der Waals surface area contributed by atoms with Gasteiger partial charge in [-0.25, -0.2) is 9.59 Å². The van der Waals surface area contributed by atoms with Crippen molar-refractivity contribution in [2.24, 2.45) is 0 Å². The van der Waals surface area contributed by atoms with Crippen molar-refractivity contribution in [3.05, 3.63) is 250 Å². The van der Waals surface area contributed by atoms with E-state index in [0.717, 1.165) is 43.2 Å². The Balaban J connectivity index is 1.13. The highest BCUT2D eigenvalue weighted by Crippen LogP contribution is 2.48. The molecule has 0 aliphatic heterocycles. The molecule has 1 aliphatic rings. The first-order valence-electron chi connectivity index (χ1n) is 22.4. The molecule has 1 N–H and O–H groups in total. The fraction of sp³-hybridized carbons (Fsp3) is 0.0667. The summed E-state index contributed by atoms with van der Waals surface area (Å²) in [6.45, 7) is 11.7. The molecule has 8 aromatic carbocycles. The van der Waals surface area contributed by atoms with E-state index in [-0.39, 0.29) is 52.6 Å². The van der Waals surface area contributed by atoms with Gasteiger partial charge in [0.1, 0.15) is 13.2 Å². The monoisotopic (exact) mass is 971 g/mol. The molecule has 70 heavy (non-hydrogen) atoms. The number of esters is 2. The maximum Gasteiger partial charge on any atom is 0.340 e. The van der Waals surface area contributed by atoms with Crippen molar-refractivity contribution in [3.63, 3.8) is 0 Å². The van der Waals surface area contributed by atoms with Gasteiger partial charge in [0.25, 0.3) is 0 Å². The van der Waals surface area contributed by atoms with Gasteiger partial charge < -0.3 is 14.8 Å². The summed E-state index contributed by atoms with van der Waals surface area (Å²) in [6.07, 6.45) is 3.50. The molecule has 0 unspecified atom stereocenters. The molecule has 0 heterocycles. The van der Waals surface area contributed by atoms with Crippen LogP contribution in [0.2, 0.25) is 0 Å². The van der Waals surface area contributed by atoms with Gasteiger partial charge in [0.05, 0.1) is 28.1 Å². The number of ketones is 2. The molecule has 0 atom stereocenters. The zero-order chi connectivity index (χ0) is 48.7. The average molecular weight is 972 g/mol. The molecule has 7 nitrogen and oxygen atoms in total. The SMILES string of the molecule is C=Cc1ccc(COC(=O)c2ccccc2Nc2ccc(Sc3ccc(C)cc3)c3c2C(=O)c2c(Sc4ccc(C)cc4)ccc(Sc4ccccc4C(=O)OCc4ccc(C=C)cc4)c2C3=O)cc1. The van der Waals surface area contributed by atoms with Crippen LogP contribution < -0.4 is 5.32 Å². The Kier molecular flexibility index (Phi) is 14.5. The third-order valence-corrected chi connectivity index (χ3v) is 14.9. The lowest BCUT2D eigenvalue weighted by Gasteiger charge is -2.27. The highest BCUT2D eigenvalue weighted by molar-refractivity contribution is 8.00. The third kappa shape index (κ3) is 10.5. The first kappa shape index (κ1) is 47.4. The lowest BCUT2D eigenvalue weighted by Crippen LogP contribution is -2.25. The number of fused-ring (bicyclic) bond motifs is 2. The molecular weight excluding hydrogens is 927 g/mol. The number of para-hydroxylation sites is 1. The normalized spacial score (nSPS) is 11.6. The summed E-state index contributed by atoms with van der Waals surface area (Å²) in [7, 11) is 0. The van der Waals surface area contributed by atoms with Crippen molar-refractivity contribution in [1.29, 1.82) is 0 Å². The second-order valence-corrected chi connectivity index (χ2v) is 19.8. The second kappa shape index (κ2) is 21.3. The Morgan fingerprint density at radius 3 is 1.41 bits per heavy atom. The lowest BCUT2D eigenvalue weighted by molar-refractivity contribution is 0.0462. The minimum Gasteiger partial charge on any atom is -0.457 e. The zero-order valence-corrected chi connectivity index (χ0v) is 40.8. The first-order chi connectivity index (χ1) is 34.1. The Morgan fingerprint density at radius 1 is 0.457 bits per heavy atom. The van der Waals surface area contributed by atoms with Gasteiger partial charge in [0.2, 0.25) is 0 Å². The van der Waals surface area contributed by atoms with Gasteiger partial charge in [-0.15, -0.1) is 0 Å². The van der Waals surface area contributed by atoms with Crippen LogP contribution in [0, 0.1) is 13.8 Å². The molecule has 0 bridgehead atoms. The standard InChI is InChI=1S/C60H45NO6S3/c1-5-39-19-23-41(24-20-39)35-66-59(64)45-11-7-9-13-47(45)61-48-31-32-50(68-43-27-15-37(3)16-28-43)54-53(48)57(62)55-51(69-44-29-17-38(4)18-30-44)33-34-52(56(55)58(54)63)70-49-14-10-8-12-46(49)60(65)67-36-42-25-21-40(6-2)22-26-42/h5-34,61H,1-2,35-36H2,3-4H3. The topological polar surface area (TPSA) is 98.8 Å². The van der Waals surface area contributed by atoms with Gasteiger partial charge in [0.15, 0.2) is 11.6 Å². The van der Waals surface area contributed by atoms with Crippen LogP contribution >= 0.6 is 35.3 Å². The van der Waals surface area contributed by atoms with Crippen molar-refractivity contribution in [1.82, 2.24) is 0 Å². The Hall–Kier alpha value is -7.63. The van der Waals surface area contributed by atoms with E-state index in [1.807, 2.05) is 141 Å². The van der Waals surface area contributed by atoms with E-state index >= 15 is 9.59 Å². The summed E-state index contributed by atoms with van der Waals surface area (Å²) in [5.41, 5.74) is 7.92. The van der Waals surface area contributed by atoms with Gasteiger partial charge in [-0.3, -0.25) is 9.59 Å². The number of ether oxygens (including phenoxy) is 2. The fourth-order valence-corrected chi connectivity index (χ4v) is 10.8. The lowest BCUT2D eigenvalue weighted by atomic mass is 9.83. The maximum atomic E-state index is 15.7. The minimum absolute atomic E-state index is 0.0485. The summed E-state index contributed by atoms with van der Waals surface area (Å²) in [6, 6.07) is 52.5. The largest absolute Gasteiger partial charge is 0.457 e. The second-order valence-electron chi connectivity index (χ2n) is 16.5. The van der Waals surface area contributed by atoms with Gasteiger partial charge in [0, 0.05) is 46.1 Å². The molecule has 0 spiro atoms. The summed E-state index contributed by atoms with van der Waals surface area (Å²) in [5, 5.41) is 3.39. The van der Waals surface area contributed by atoms with Crippen LogP contribution in [0.1, 0.15) is 85.9 Å². The van der Waals surface area contributed by atoms with Crippen LogP contribution in [0.4, 0.5) is 11.4 Å². The summed E-state index contributed by atoms with van der Waals surface area (Å²) in [5.74, 6) is -1.81. The molecule has 0 saturated carbocycles. The molecule has 344 valence electrons. The quantitative estimate of drug-likeness (QED) is 0.0943. The van der Waals surface area contributed by atoms with Gasteiger partial charge >= 0.3 is 11.9 Å². The summed E-state index contributed by atoms with van der Waals surface area (Å²) in [4.78, 5) is 63.1. The summed E-state index contributed by atoms with van der Waals surface area (Å²) < 4.78 is 11.6. The van der Waals surface area contributed by atoms with E-state index in [9.17, 15) is 9.59 Å². The average Bonchev–Trinajstić information content (AvgIpc) is 3.39. The summed E-state index contributed by atoms with van der Waals surface area (Å²) >= 11 is 4.03. The van der Waals surface area contributed by atoms with Crippen LogP contribution in [0.25, 0.3) is 12.2 Å². The first-order valence-corrected chi connectivity index (χ1v) is 24.8. The van der Waals surface area contributed by atoms with Crippen molar-refractivity contribution >= 4 is 82.3 Å². The number of rotatable bonds is 16. The third-order valence-electron chi connectivity index (χ3n) is 11.6. The number of hydrogen-bond donors (Lipinski definition) is 1. The van der Waals surface area contributed by atoms with E-state index in [1.54, 1.807) is 54.6 Å². The predicted molar refractivity (Wildman–Crippen MR) is 282 cm³/mol. The van der Waals surface area contributed by atoms with Gasteiger partial charge in [-0.05, 0) is 109 Å². The molecule has 1 aliphatic carbocycles. The zero-order valence-electron chi connectivity index (χ0n) is 38.3. The smallest absolute Gasteiger partial charge is 0.340 e. The van der Waals surface area contributed by atoms with Crippen molar-refractivity contribution < 1.29 is 28.7 Å². The number of benzene rings is 8. The minimum atomic E-state index is -0.561. The van der Waals surface area contributed by atoms with E-state index in [1.165, 1.54) is 35.3 Å². The van der Waals surface area contributed by atoms with Crippen molar-refractivity contribution in [2.75, 3.05) is 5.32 Å². The van der Waals surface area contributed by atoms with Crippen LogP contribution in [-0.2, 0) is 22.7 Å². The number of aryl methyl sites for hydroxylation is 2. The molecule has 8 aromatic rings. The molecule has 10 heteroatoms. The Morgan fingerprint density at radius 2 is 0.886 bits per heavy atom. The van der Waals surface area contributed by atoms with E-state index in [0.29, 0.717) is 36.5 Å². The molecule has 0 saturated heterocycles. The van der Waals surface area contributed by atoms with Crippen molar-refractivity contribution in [2.45, 2.75) is 56.4 Å². The highest BCUT2D eigenvalue weighted by Gasteiger charge is 2.38. The van der Waals surface area contributed by atoms with Crippen LogP contribution in [0.15, 0.2) is 212 Å². The number of nitrogens with one attached hydrogen (secondary N) is 1.